The van der Waals surface area contributed by atoms with Gasteiger partial charge in [-0.05, 0) is 44.2 Å². The van der Waals surface area contributed by atoms with Crippen LogP contribution in [0.15, 0.2) is 12.3 Å². The van der Waals surface area contributed by atoms with Crippen LogP contribution in [0.25, 0.3) is 0 Å². The van der Waals surface area contributed by atoms with Crippen LogP contribution in [0.1, 0.15) is 44.6 Å². The molecule has 4 rings (SSSR count). The summed E-state index contributed by atoms with van der Waals surface area (Å²) < 4.78 is 6.05. The first-order valence-electron chi connectivity index (χ1n) is 8.36. The fraction of sp³-hybridized carbons (Fsp3) is 0.706. The molecule has 1 atom stereocenters. The molecule has 4 nitrogen and oxygen atoms in total. The SMILES string of the molecule is CC(C)N1CCN2c3ncc(C4CCC4)cc3OC[C@@H]2C1. The van der Waals surface area contributed by atoms with Gasteiger partial charge in [0.2, 0.25) is 0 Å². The van der Waals surface area contributed by atoms with E-state index in [-0.39, 0.29) is 0 Å². The summed E-state index contributed by atoms with van der Waals surface area (Å²) in [7, 11) is 0. The highest BCUT2D eigenvalue weighted by molar-refractivity contribution is 5.57. The van der Waals surface area contributed by atoms with Gasteiger partial charge in [-0.3, -0.25) is 4.90 Å². The summed E-state index contributed by atoms with van der Waals surface area (Å²) in [6, 6.07) is 3.32. The maximum Gasteiger partial charge on any atom is 0.171 e. The van der Waals surface area contributed by atoms with Gasteiger partial charge in [0.1, 0.15) is 6.61 Å². The lowest BCUT2D eigenvalue weighted by molar-refractivity contribution is 0.140. The van der Waals surface area contributed by atoms with Crippen molar-refractivity contribution in [3.63, 3.8) is 0 Å². The lowest BCUT2D eigenvalue weighted by atomic mass is 9.80. The Kier molecular flexibility index (Phi) is 3.29. The Balaban J connectivity index is 1.56. The molecule has 2 fully saturated rings. The number of rotatable bonds is 2. The molecule has 0 unspecified atom stereocenters. The average molecular weight is 287 g/mol. The van der Waals surface area contributed by atoms with Crippen LogP contribution in [0.3, 0.4) is 0 Å². The minimum atomic E-state index is 0.454. The highest BCUT2D eigenvalue weighted by atomic mass is 16.5. The summed E-state index contributed by atoms with van der Waals surface area (Å²) >= 11 is 0. The summed E-state index contributed by atoms with van der Waals surface area (Å²) in [5, 5.41) is 0. The third-order valence-corrected chi connectivity index (χ3v) is 5.38. The number of piperazine rings is 1. The van der Waals surface area contributed by atoms with Gasteiger partial charge in [-0.1, -0.05) is 6.42 Å². The number of anilines is 1. The van der Waals surface area contributed by atoms with E-state index in [4.69, 9.17) is 9.72 Å². The van der Waals surface area contributed by atoms with E-state index in [2.05, 4.69) is 35.9 Å². The van der Waals surface area contributed by atoms with Crippen LogP contribution in [-0.4, -0.2) is 48.2 Å². The van der Waals surface area contributed by atoms with E-state index in [1.165, 1.54) is 24.8 Å². The van der Waals surface area contributed by atoms with Crippen molar-refractivity contribution in [3.05, 3.63) is 17.8 Å². The third-order valence-electron chi connectivity index (χ3n) is 5.38. The number of fused-ring (bicyclic) bond motifs is 3. The van der Waals surface area contributed by atoms with Gasteiger partial charge < -0.3 is 9.64 Å². The third kappa shape index (κ3) is 2.30. The zero-order chi connectivity index (χ0) is 14.4. The topological polar surface area (TPSA) is 28.6 Å². The molecule has 1 saturated carbocycles. The number of pyridine rings is 1. The van der Waals surface area contributed by atoms with Crippen LogP contribution in [-0.2, 0) is 0 Å². The van der Waals surface area contributed by atoms with Gasteiger partial charge in [-0.15, -0.1) is 0 Å². The molecule has 1 aromatic heterocycles. The molecule has 1 saturated heterocycles. The Morgan fingerprint density at radius 1 is 1.29 bits per heavy atom. The molecule has 114 valence electrons. The Hall–Kier alpha value is -1.29. The van der Waals surface area contributed by atoms with Gasteiger partial charge in [0.05, 0.1) is 6.04 Å². The van der Waals surface area contributed by atoms with Crippen molar-refractivity contribution in [1.82, 2.24) is 9.88 Å². The monoisotopic (exact) mass is 287 g/mol. The van der Waals surface area contributed by atoms with E-state index >= 15 is 0 Å². The van der Waals surface area contributed by atoms with Crippen LogP contribution in [0, 0.1) is 0 Å². The predicted molar refractivity (Wildman–Crippen MR) is 84.2 cm³/mol. The molecule has 0 N–H and O–H groups in total. The van der Waals surface area contributed by atoms with Crippen LogP contribution in [0.2, 0.25) is 0 Å². The minimum Gasteiger partial charge on any atom is -0.487 e. The molecule has 1 aromatic rings. The Morgan fingerprint density at radius 2 is 2.14 bits per heavy atom. The zero-order valence-corrected chi connectivity index (χ0v) is 13.1. The first-order valence-corrected chi connectivity index (χ1v) is 8.36. The highest BCUT2D eigenvalue weighted by Crippen LogP contribution is 2.40. The first-order chi connectivity index (χ1) is 10.2. The molecule has 21 heavy (non-hydrogen) atoms. The van der Waals surface area contributed by atoms with Crippen LogP contribution in [0.4, 0.5) is 5.82 Å². The standard InChI is InChI=1S/C17H25N3O/c1-12(2)19-6-7-20-15(10-19)11-21-16-8-14(9-18-17(16)20)13-4-3-5-13/h8-9,12-13,15H,3-7,10-11H2,1-2H3/t15-/m0/s1. The molecule has 0 bridgehead atoms. The van der Waals surface area contributed by atoms with Crippen LogP contribution >= 0.6 is 0 Å². The average Bonchev–Trinajstić information content (AvgIpc) is 2.44. The second-order valence-electron chi connectivity index (χ2n) is 6.97. The van der Waals surface area contributed by atoms with Gasteiger partial charge in [0.15, 0.2) is 11.6 Å². The maximum absolute atomic E-state index is 6.05. The molecular weight excluding hydrogens is 262 g/mol. The molecule has 4 heteroatoms. The molecule has 0 spiro atoms. The second kappa shape index (κ2) is 5.16. The molecule has 3 heterocycles. The van der Waals surface area contributed by atoms with Crippen molar-refractivity contribution in [2.75, 3.05) is 31.1 Å². The summed E-state index contributed by atoms with van der Waals surface area (Å²) in [4.78, 5) is 9.76. The fourth-order valence-electron chi connectivity index (χ4n) is 3.70. The van der Waals surface area contributed by atoms with Crippen LogP contribution < -0.4 is 9.64 Å². The number of ether oxygens (including phenoxy) is 1. The minimum absolute atomic E-state index is 0.454. The van der Waals surface area contributed by atoms with E-state index in [1.807, 2.05) is 0 Å². The predicted octanol–water partition coefficient (Wildman–Crippen LogP) is 2.64. The lowest BCUT2D eigenvalue weighted by Crippen LogP contribution is -2.58. The van der Waals surface area contributed by atoms with Gasteiger partial charge in [0, 0.05) is 31.9 Å². The van der Waals surface area contributed by atoms with Gasteiger partial charge in [0.25, 0.3) is 0 Å². The number of hydrogen-bond donors (Lipinski definition) is 0. The van der Waals surface area contributed by atoms with E-state index in [0.717, 1.165) is 43.7 Å². The van der Waals surface area contributed by atoms with Crippen molar-refractivity contribution in [2.45, 2.75) is 51.1 Å². The molecule has 0 radical (unpaired) electrons. The van der Waals surface area contributed by atoms with Crippen molar-refractivity contribution < 1.29 is 4.74 Å². The lowest BCUT2D eigenvalue weighted by Gasteiger charge is -2.46. The van der Waals surface area contributed by atoms with Crippen molar-refractivity contribution in [2.24, 2.45) is 0 Å². The van der Waals surface area contributed by atoms with Crippen LogP contribution in [0.5, 0.6) is 5.75 Å². The second-order valence-corrected chi connectivity index (χ2v) is 6.97. The number of nitrogens with zero attached hydrogens (tertiary/aromatic N) is 3. The van der Waals surface area contributed by atoms with E-state index in [1.54, 1.807) is 0 Å². The largest absolute Gasteiger partial charge is 0.487 e. The molecule has 2 aliphatic heterocycles. The Labute approximate surface area is 127 Å². The highest BCUT2D eigenvalue weighted by Gasteiger charge is 2.35. The number of hydrogen-bond acceptors (Lipinski definition) is 4. The summed E-state index contributed by atoms with van der Waals surface area (Å²) in [6.45, 7) is 8.62. The zero-order valence-electron chi connectivity index (χ0n) is 13.1. The van der Waals surface area contributed by atoms with E-state index in [9.17, 15) is 0 Å². The van der Waals surface area contributed by atoms with Gasteiger partial charge in [-0.2, -0.15) is 0 Å². The van der Waals surface area contributed by atoms with Crippen molar-refractivity contribution in [3.8, 4) is 5.75 Å². The molecule has 0 aromatic carbocycles. The van der Waals surface area contributed by atoms with Gasteiger partial charge in [-0.25, -0.2) is 4.98 Å². The smallest absolute Gasteiger partial charge is 0.171 e. The summed E-state index contributed by atoms with van der Waals surface area (Å²) in [6.07, 6.45) is 6.08. The van der Waals surface area contributed by atoms with E-state index < -0.39 is 0 Å². The molecular formula is C17H25N3O. The van der Waals surface area contributed by atoms with Crippen molar-refractivity contribution >= 4 is 5.82 Å². The number of aromatic nitrogens is 1. The summed E-state index contributed by atoms with van der Waals surface area (Å²) in [5.74, 6) is 2.80. The first kappa shape index (κ1) is 13.4. The van der Waals surface area contributed by atoms with Crippen molar-refractivity contribution in [1.29, 1.82) is 0 Å². The molecule has 3 aliphatic rings. The maximum atomic E-state index is 6.05. The fourth-order valence-corrected chi connectivity index (χ4v) is 3.70. The molecule has 0 amide bonds. The quantitative estimate of drug-likeness (QED) is 0.836. The molecule has 1 aliphatic carbocycles. The Morgan fingerprint density at radius 3 is 2.86 bits per heavy atom. The summed E-state index contributed by atoms with van der Waals surface area (Å²) in [5.41, 5.74) is 1.37. The normalized spacial score (nSPS) is 26.0. The van der Waals surface area contributed by atoms with E-state index in [0.29, 0.717) is 12.1 Å². The van der Waals surface area contributed by atoms with Gasteiger partial charge >= 0.3 is 0 Å². The Bertz CT molecular complexity index is 527.